The Hall–Kier alpha value is -2.02. The summed E-state index contributed by atoms with van der Waals surface area (Å²) in [7, 11) is 1.65. The number of aromatic nitrogens is 3. The molecule has 128 valence electrons. The van der Waals surface area contributed by atoms with E-state index in [9.17, 15) is 4.79 Å². The maximum absolute atomic E-state index is 12.3. The van der Waals surface area contributed by atoms with Crippen LogP contribution in [-0.2, 0) is 11.2 Å². The summed E-state index contributed by atoms with van der Waals surface area (Å²) in [5, 5.41) is 10.7. The first kappa shape index (κ1) is 16.8. The molecule has 7 heteroatoms. The van der Waals surface area contributed by atoms with Gasteiger partial charge in [-0.3, -0.25) is 9.89 Å². The predicted molar refractivity (Wildman–Crippen MR) is 93.1 cm³/mol. The number of carbonyl (C=O) groups is 1. The zero-order valence-electron chi connectivity index (χ0n) is 13.9. The summed E-state index contributed by atoms with van der Waals surface area (Å²) in [5.41, 5.74) is 1.13. The first-order valence-electron chi connectivity index (χ1n) is 8.17. The average Bonchev–Trinajstić information content (AvgIpc) is 3.35. The van der Waals surface area contributed by atoms with Crippen molar-refractivity contribution in [3.63, 3.8) is 0 Å². The van der Waals surface area contributed by atoms with Crippen molar-refractivity contribution >= 4 is 17.7 Å². The molecule has 1 amide bonds. The molecule has 3 rings (SSSR count). The molecule has 1 aromatic heterocycles. The monoisotopic (exact) mass is 346 g/mol. The highest BCUT2D eigenvalue weighted by Crippen LogP contribution is 2.41. The number of methoxy groups -OCH3 is 1. The molecule has 1 aliphatic rings. The highest BCUT2D eigenvalue weighted by molar-refractivity contribution is 7.99. The number of amides is 1. The second-order valence-corrected chi connectivity index (χ2v) is 6.81. The van der Waals surface area contributed by atoms with Gasteiger partial charge in [0.1, 0.15) is 11.6 Å². The zero-order chi connectivity index (χ0) is 16.9. The van der Waals surface area contributed by atoms with Crippen molar-refractivity contribution < 1.29 is 9.53 Å². The van der Waals surface area contributed by atoms with E-state index in [-0.39, 0.29) is 11.9 Å². The van der Waals surface area contributed by atoms with Crippen LogP contribution in [0.4, 0.5) is 0 Å². The van der Waals surface area contributed by atoms with Crippen LogP contribution in [0, 0.1) is 5.92 Å². The minimum atomic E-state index is 0.00978. The van der Waals surface area contributed by atoms with Crippen molar-refractivity contribution in [2.75, 3.05) is 12.9 Å². The number of hydrogen-bond acceptors (Lipinski definition) is 5. The fraction of sp³-hybridized carbons (Fsp3) is 0.471. The van der Waals surface area contributed by atoms with Crippen molar-refractivity contribution in [1.29, 1.82) is 0 Å². The van der Waals surface area contributed by atoms with Crippen LogP contribution in [0.1, 0.15) is 37.2 Å². The van der Waals surface area contributed by atoms with Gasteiger partial charge >= 0.3 is 0 Å². The minimum absolute atomic E-state index is 0.00978. The molecule has 1 saturated carbocycles. The second kappa shape index (κ2) is 7.70. The molecule has 2 aromatic rings. The number of thioether (sulfide) groups is 1. The van der Waals surface area contributed by atoms with Gasteiger partial charge in [0.25, 0.3) is 0 Å². The Bertz CT molecular complexity index is 682. The van der Waals surface area contributed by atoms with Gasteiger partial charge in [0.2, 0.25) is 11.1 Å². The standard InChI is InChI=1S/C17H22N4O2S/c1-3-14-18-17(21-20-14)24-10-15(22)19-16(11-4-5-11)12-6-8-13(23-2)9-7-12/h6-9,11,16H,3-5,10H2,1-2H3,(H,19,22)(H,18,20,21). The highest BCUT2D eigenvalue weighted by atomic mass is 32.2. The topological polar surface area (TPSA) is 79.9 Å². The van der Waals surface area contributed by atoms with Crippen LogP contribution in [0.25, 0.3) is 0 Å². The Kier molecular flexibility index (Phi) is 5.40. The number of carbonyl (C=O) groups excluding carboxylic acids is 1. The van der Waals surface area contributed by atoms with Crippen LogP contribution in [0.2, 0.25) is 0 Å². The molecule has 6 nitrogen and oxygen atoms in total. The molecule has 1 fully saturated rings. The predicted octanol–water partition coefficient (Wildman–Crippen LogP) is 2.74. The minimum Gasteiger partial charge on any atom is -0.497 e. The van der Waals surface area contributed by atoms with Gasteiger partial charge < -0.3 is 10.1 Å². The molecule has 1 unspecified atom stereocenters. The van der Waals surface area contributed by atoms with Crippen molar-refractivity contribution in [3.05, 3.63) is 35.7 Å². The molecule has 1 aliphatic carbocycles. The third kappa shape index (κ3) is 4.29. The summed E-state index contributed by atoms with van der Waals surface area (Å²) < 4.78 is 5.20. The fourth-order valence-electron chi connectivity index (χ4n) is 2.56. The van der Waals surface area contributed by atoms with Crippen LogP contribution in [0.15, 0.2) is 29.4 Å². The number of rotatable bonds is 8. The number of nitrogens with one attached hydrogen (secondary N) is 2. The Morgan fingerprint density at radius 3 is 2.75 bits per heavy atom. The van der Waals surface area contributed by atoms with Gasteiger partial charge in [-0.05, 0) is 36.5 Å². The average molecular weight is 346 g/mol. The van der Waals surface area contributed by atoms with E-state index in [1.54, 1.807) is 7.11 Å². The van der Waals surface area contributed by atoms with Gasteiger partial charge in [-0.1, -0.05) is 30.8 Å². The summed E-state index contributed by atoms with van der Waals surface area (Å²) in [6.45, 7) is 2.01. The van der Waals surface area contributed by atoms with Crippen molar-refractivity contribution in [3.8, 4) is 5.75 Å². The van der Waals surface area contributed by atoms with E-state index in [4.69, 9.17) is 4.74 Å². The Balaban J connectivity index is 1.57. The van der Waals surface area contributed by atoms with Crippen LogP contribution < -0.4 is 10.1 Å². The SMILES string of the molecule is CCc1nc(SCC(=O)NC(c2ccc(OC)cc2)C2CC2)n[nH]1. The van der Waals surface area contributed by atoms with Crippen LogP contribution in [-0.4, -0.2) is 34.0 Å². The number of H-pyrrole nitrogens is 1. The Morgan fingerprint density at radius 2 is 2.17 bits per heavy atom. The van der Waals surface area contributed by atoms with Crippen LogP contribution in [0.3, 0.4) is 0 Å². The molecule has 1 heterocycles. The van der Waals surface area contributed by atoms with Gasteiger partial charge in [0.15, 0.2) is 0 Å². The molecular formula is C17H22N4O2S. The molecule has 0 bridgehead atoms. The highest BCUT2D eigenvalue weighted by Gasteiger charge is 2.33. The van der Waals surface area contributed by atoms with E-state index in [2.05, 4.69) is 20.5 Å². The third-order valence-corrected chi connectivity index (χ3v) is 4.91. The summed E-state index contributed by atoms with van der Waals surface area (Å²) in [5.74, 6) is 2.53. The molecule has 0 aliphatic heterocycles. The summed E-state index contributed by atoms with van der Waals surface area (Å²) >= 11 is 1.35. The summed E-state index contributed by atoms with van der Waals surface area (Å²) in [4.78, 5) is 16.6. The van der Waals surface area contributed by atoms with E-state index >= 15 is 0 Å². The Morgan fingerprint density at radius 1 is 1.42 bits per heavy atom. The van der Waals surface area contributed by atoms with E-state index < -0.39 is 0 Å². The molecule has 2 N–H and O–H groups in total. The lowest BCUT2D eigenvalue weighted by Crippen LogP contribution is -2.31. The second-order valence-electron chi connectivity index (χ2n) is 5.86. The van der Waals surface area contributed by atoms with E-state index in [1.165, 1.54) is 11.8 Å². The van der Waals surface area contributed by atoms with E-state index in [1.807, 2.05) is 31.2 Å². The maximum Gasteiger partial charge on any atom is 0.230 e. The molecule has 1 atom stereocenters. The van der Waals surface area contributed by atoms with Gasteiger partial charge in [-0.2, -0.15) is 0 Å². The Labute approximate surface area is 145 Å². The molecule has 1 aromatic carbocycles. The first-order chi connectivity index (χ1) is 11.7. The molecular weight excluding hydrogens is 324 g/mol. The lowest BCUT2D eigenvalue weighted by atomic mass is 10.0. The smallest absolute Gasteiger partial charge is 0.230 e. The normalized spacial score (nSPS) is 15.1. The van der Waals surface area contributed by atoms with Crippen molar-refractivity contribution in [2.45, 2.75) is 37.4 Å². The van der Waals surface area contributed by atoms with Crippen molar-refractivity contribution in [2.24, 2.45) is 5.92 Å². The molecule has 0 radical (unpaired) electrons. The summed E-state index contributed by atoms with van der Waals surface area (Å²) in [6.07, 6.45) is 3.12. The number of ether oxygens (including phenoxy) is 1. The number of benzene rings is 1. The van der Waals surface area contributed by atoms with Gasteiger partial charge in [-0.25, -0.2) is 4.98 Å². The largest absolute Gasteiger partial charge is 0.497 e. The lowest BCUT2D eigenvalue weighted by molar-refractivity contribution is -0.119. The van der Waals surface area contributed by atoms with E-state index in [0.717, 1.165) is 36.4 Å². The molecule has 0 saturated heterocycles. The number of nitrogens with zero attached hydrogens (tertiary/aromatic N) is 2. The van der Waals surface area contributed by atoms with Crippen molar-refractivity contribution in [1.82, 2.24) is 20.5 Å². The van der Waals surface area contributed by atoms with Gasteiger partial charge in [0, 0.05) is 6.42 Å². The van der Waals surface area contributed by atoms with Gasteiger partial charge in [0.05, 0.1) is 18.9 Å². The zero-order valence-corrected chi connectivity index (χ0v) is 14.7. The summed E-state index contributed by atoms with van der Waals surface area (Å²) in [6, 6.07) is 8.00. The van der Waals surface area contributed by atoms with Gasteiger partial charge in [-0.15, -0.1) is 5.10 Å². The first-order valence-corrected chi connectivity index (χ1v) is 9.15. The van der Waals surface area contributed by atoms with Crippen LogP contribution >= 0.6 is 11.8 Å². The molecule has 24 heavy (non-hydrogen) atoms. The molecule has 0 spiro atoms. The fourth-order valence-corrected chi connectivity index (χ4v) is 3.19. The third-order valence-electron chi connectivity index (χ3n) is 4.06. The maximum atomic E-state index is 12.3. The number of hydrogen-bond donors (Lipinski definition) is 2. The quantitative estimate of drug-likeness (QED) is 0.719. The number of aryl methyl sites for hydroxylation is 1. The van der Waals surface area contributed by atoms with E-state index in [0.29, 0.717) is 16.8 Å². The van der Waals surface area contributed by atoms with Crippen LogP contribution in [0.5, 0.6) is 5.75 Å². The number of aromatic amines is 1. The lowest BCUT2D eigenvalue weighted by Gasteiger charge is -2.19.